The molecule has 0 amide bonds. The van der Waals surface area contributed by atoms with Crippen molar-refractivity contribution >= 4 is 5.57 Å². The predicted molar refractivity (Wildman–Crippen MR) is 96.3 cm³/mol. The molecule has 0 saturated carbocycles. The van der Waals surface area contributed by atoms with Gasteiger partial charge in [-0.2, -0.15) is 0 Å². The van der Waals surface area contributed by atoms with E-state index in [1.165, 1.54) is 22.3 Å². The van der Waals surface area contributed by atoms with Gasteiger partial charge in [0, 0.05) is 0 Å². The predicted octanol–water partition coefficient (Wildman–Crippen LogP) is 6.75. The molecule has 0 radical (unpaired) electrons. The Labute approximate surface area is 129 Å². The summed E-state index contributed by atoms with van der Waals surface area (Å²) in [6.45, 7) is 8.24. The van der Waals surface area contributed by atoms with Gasteiger partial charge in [0.25, 0.3) is 0 Å². The summed E-state index contributed by atoms with van der Waals surface area (Å²) in [5.74, 6) is 0. The molecule has 2 aromatic rings. The summed E-state index contributed by atoms with van der Waals surface area (Å²) >= 11 is 0. The molecule has 0 aromatic heterocycles. The van der Waals surface area contributed by atoms with Crippen LogP contribution >= 0.6 is 0 Å². The molecule has 0 N–H and O–H groups in total. The van der Waals surface area contributed by atoms with E-state index in [1.54, 1.807) is 0 Å². The fourth-order valence-electron chi connectivity index (χ4n) is 2.09. The smallest absolute Gasteiger partial charge is 0.0184 e. The Balaban J connectivity index is 0.00000106. The van der Waals surface area contributed by atoms with Gasteiger partial charge in [0.1, 0.15) is 0 Å². The molecule has 0 unspecified atom stereocenters. The van der Waals surface area contributed by atoms with Crippen LogP contribution in [0.25, 0.3) is 16.7 Å². The van der Waals surface area contributed by atoms with E-state index < -0.39 is 0 Å². The monoisotopic (exact) mass is 278 g/mol. The molecular weight excluding hydrogens is 252 g/mol. The highest BCUT2D eigenvalue weighted by atomic mass is 14.0. The van der Waals surface area contributed by atoms with Gasteiger partial charge in [-0.1, -0.05) is 93.6 Å². The van der Waals surface area contributed by atoms with E-state index in [0.29, 0.717) is 0 Å². The molecule has 0 nitrogen and oxygen atoms in total. The van der Waals surface area contributed by atoms with Crippen LogP contribution in [0.15, 0.2) is 72.8 Å². The molecule has 2 rings (SSSR count). The lowest BCUT2D eigenvalue weighted by Crippen LogP contribution is -1.82. The maximum absolute atomic E-state index is 2.19. The third-order valence-corrected chi connectivity index (χ3v) is 3.17. The second-order valence-electron chi connectivity index (χ2n) is 4.50. The second-order valence-corrected chi connectivity index (χ2v) is 4.50. The van der Waals surface area contributed by atoms with Crippen molar-refractivity contribution in [2.24, 2.45) is 0 Å². The van der Waals surface area contributed by atoms with Crippen LogP contribution in [0.1, 0.15) is 39.7 Å². The van der Waals surface area contributed by atoms with Crippen molar-refractivity contribution in [3.63, 3.8) is 0 Å². The Hall–Kier alpha value is -2.08. The van der Waals surface area contributed by atoms with E-state index in [0.717, 1.165) is 6.42 Å². The third kappa shape index (κ3) is 5.07. The Kier molecular flexibility index (Phi) is 7.89. The highest BCUT2D eigenvalue weighted by molar-refractivity contribution is 5.75. The number of benzene rings is 2. The average molecular weight is 278 g/mol. The van der Waals surface area contributed by atoms with E-state index in [4.69, 9.17) is 0 Å². The first-order valence-corrected chi connectivity index (χ1v) is 7.84. The van der Waals surface area contributed by atoms with Gasteiger partial charge < -0.3 is 0 Å². The first-order chi connectivity index (χ1) is 10.3. The lowest BCUT2D eigenvalue weighted by molar-refractivity contribution is 1.22. The van der Waals surface area contributed by atoms with E-state index >= 15 is 0 Å². The Morgan fingerprint density at radius 2 is 1.43 bits per heavy atom. The van der Waals surface area contributed by atoms with Gasteiger partial charge in [-0.05, 0) is 35.6 Å². The van der Waals surface area contributed by atoms with E-state index in [-0.39, 0.29) is 0 Å². The molecule has 0 atom stereocenters. The average Bonchev–Trinajstić information content (AvgIpc) is 2.59. The van der Waals surface area contributed by atoms with Crippen molar-refractivity contribution in [2.75, 3.05) is 0 Å². The molecule has 0 spiro atoms. The van der Waals surface area contributed by atoms with Gasteiger partial charge in [0.2, 0.25) is 0 Å². The number of rotatable bonds is 4. The quantitative estimate of drug-likeness (QED) is 0.543. The molecule has 0 aliphatic carbocycles. The summed E-state index contributed by atoms with van der Waals surface area (Å²) in [6.07, 6.45) is 7.61. The van der Waals surface area contributed by atoms with Crippen LogP contribution in [0.2, 0.25) is 0 Å². The number of hydrogen-bond acceptors (Lipinski definition) is 0. The fourth-order valence-corrected chi connectivity index (χ4v) is 2.09. The van der Waals surface area contributed by atoms with Crippen molar-refractivity contribution in [3.05, 3.63) is 78.4 Å². The first-order valence-electron chi connectivity index (χ1n) is 7.84. The highest BCUT2D eigenvalue weighted by Crippen LogP contribution is 2.23. The molecule has 2 aromatic carbocycles. The SMILES string of the molecule is C/C=C(\C=C/CC)c1ccc(-c2ccccc2)cc1.CC. The van der Waals surface area contributed by atoms with Crippen LogP contribution in [0, 0.1) is 0 Å². The topological polar surface area (TPSA) is 0 Å². The van der Waals surface area contributed by atoms with Gasteiger partial charge in [0.15, 0.2) is 0 Å². The molecule has 0 aliphatic rings. The minimum Gasteiger partial charge on any atom is -0.0842 e. The minimum absolute atomic E-state index is 1.07. The van der Waals surface area contributed by atoms with Crippen LogP contribution in [-0.2, 0) is 0 Å². The van der Waals surface area contributed by atoms with Crippen molar-refractivity contribution in [1.82, 2.24) is 0 Å². The van der Waals surface area contributed by atoms with Crippen molar-refractivity contribution in [2.45, 2.75) is 34.1 Å². The summed E-state index contributed by atoms with van der Waals surface area (Å²) in [4.78, 5) is 0. The minimum atomic E-state index is 1.07. The van der Waals surface area contributed by atoms with Crippen LogP contribution in [-0.4, -0.2) is 0 Å². The molecule has 0 heteroatoms. The lowest BCUT2D eigenvalue weighted by Gasteiger charge is -2.05. The molecule has 0 heterocycles. The molecule has 0 bridgehead atoms. The lowest BCUT2D eigenvalue weighted by atomic mass is 10.00. The molecule has 0 aliphatic heterocycles. The third-order valence-electron chi connectivity index (χ3n) is 3.17. The largest absolute Gasteiger partial charge is 0.0842 e. The molecule has 0 saturated heterocycles. The Morgan fingerprint density at radius 1 is 0.857 bits per heavy atom. The molecular formula is C21H26. The van der Waals surface area contributed by atoms with Crippen molar-refractivity contribution in [3.8, 4) is 11.1 Å². The van der Waals surface area contributed by atoms with Crippen LogP contribution in [0.4, 0.5) is 0 Å². The van der Waals surface area contributed by atoms with Crippen molar-refractivity contribution < 1.29 is 0 Å². The molecule has 0 fully saturated rings. The molecule has 110 valence electrons. The maximum Gasteiger partial charge on any atom is -0.0184 e. The van der Waals surface area contributed by atoms with Crippen LogP contribution in [0.5, 0.6) is 0 Å². The van der Waals surface area contributed by atoms with Gasteiger partial charge in [0.05, 0.1) is 0 Å². The van der Waals surface area contributed by atoms with Gasteiger partial charge in [-0.25, -0.2) is 0 Å². The van der Waals surface area contributed by atoms with Crippen LogP contribution in [0.3, 0.4) is 0 Å². The van der Waals surface area contributed by atoms with Gasteiger partial charge in [-0.15, -0.1) is 0 Å². The second kappa shape index (κ2) is 9.77. The standard InChI is InChI=1S/C19H20.C2H6/c1-3-5-9-16(4-2)18-12-14-19(15-13-18)17-10-7-6-8-11-17;1-2/h4-15H,3H2,1-2H3;1-2H3/b9-5-,16-4+;. The number of allylic oxidation sites excluding steroid dienone is 4. The summed E-state index contributed by atoms with van der Waals surface area (Å²) in [5, 5.41) is 0. The van der Waals surface area contributed by atoms with Crippen LogP contribution < -0.4 is 0 Å². The van der Waals surface area contributed by atoms with Crippen molar-refractivity contribution in [1.29, 1.82) is 0 Å². The number of hydrogen-bond donors (Lipinski definition) is 0. The molecule has 21 heavy (non-hydrogen) atoms. The summed E-state index contributed by atoms with van der Waals surface area (Å²) in [6, 6.07) is 19.2. The summed E-state index contributed by atoms with van der Waals surface area (Å²) in [5.41, 5.74) is 5.08. The Morgan fingerprint density at radius 3 is 1.95 bits per heavy atom. The van der Waals surface area contributed by atoms with Gasteiger partial charge >= 0.3 is 0 Å². The zero-order chi connectivity index (χ0) is 15.5. The van der Waals surface area contributed by atoms with E-state index in [2.05, 4.69) is 80.6 Å². The van der Waals surface area contributed by atoms with Gasteiger partial charge in [-0.3, -0.25) is 0 Å². The summed E-state index contributed by atoms with van der Waals surface area (Å²) < 4.78 is 0. The van der Waals surface area contributed by atoms with E-state index in [9.17, 15) is 0 Å². The first kappa shape index (κ1) is 17.0. The zero-order valence-electron chi connectivity index (χ0n) is 13.6. The maximum atomic E-state index is 2.19. The fraction of sp³-hybridized carbons (Fsp3) is 0.238. The van der Waals surface area contributed by atoms with E-state index in [1.807, 2.05) is 19.9 Å². The normalized spacial score (nSPS) is 11.1. The Bertz CT molecular complexity index is 557. The highest BCUT2D eigenvalue weighted by Gasteiger charge is 1.99. The zero-order valence-corrected chi connectivity index (χ0v) is 13.6. The summed E-state index contributed by atoms with van der Waals surface area (Å²) in [7, 11) is 0.